The number of furan rings is 1. The molecule has 0 fully saturated rings. The molecule has 3 aromatic rings. The number of pyridine rings is 1. The molecule has 3 rings (SSSR count). The molecule has 20 heavy (non-hydrogen) atoms. The van der Waals surface area contributed by atoms with Crippen LogP contribution in [-0.4, -0.2) is 23.4 Å². The van der Waals surface area contributed by atoms with E-state index < -0.39 is 9.84 Å². The van der Waals surface area contributed by atoms with Crippen molar-refractivity contribution in [2.75, 3.05) is 0 Å². The van der Waals surface area contributed by atoms with Gasteiger partial charge in [-0.2, -0.15) is 0 Å². The van der Waals surface area contributed by atoms with Crippen molar-refractivity contribution >= 4 is 20.8 Å². The molecule has 0 aliphatic heterocycles. The van der Waals surface area contributed by atoms with Crippen LogP contribution in [0.2, 0.25) is 0 Å². The van der Waals surface area contributed by atoms with Crippen molar-refractivity contribution < 1.29 is 12.8 Å². The lowest BCUT2D eigenvalue weighted by atomic mass is 10.3. The van der Waals surface area contributed by atoms with Crippen LogP contribution in [0.5, 0.6) is 0 Å². The lowest BCUT2D eigenvalue weighted by Crippen LogP contribution is -2.10. The van der Waals surface area contributed by atoms with Crippen molar-refractivity contribution in [2.24, 2.45) is 0 Å². The first-order valence-corrected chi connectivity index (χ1v) is 7.55. The van der Waals surface area contributed by atoms with Crippen LogP contribution < -0.4 is 0 Å². The molecule has 6 nitrogen and oxygen atoms in total. The highest BCUT2D eigenvalue weighted by molar-refractivity contribution is 7.90. The van der Waals surface area contributed by atoms with E-state index in [0.717, 1.165) is 5.69 Å². The van der Waals surface area contributed by atoms with E-state index in [0.29, 0.717) is 11.0 Å². The molecule has 0 aliphatic rings. The zero-order valence-corrected chi connectivity index (χ0v) is 11.5. The highest BCUT2D eigenvalue weighted by atomic mass is 32.2. The number of fused-ring (bicyclic) bond motifs is 1. The number of hydrogen-bond acceptors (Lipinski definition) is 6. The molecule has 0 saturated heterocycles. The molecule has 0 spiro atoms. The quantitative estimate of drug-likeness (QED) is 0.732. The molecule has 102 valence electrons. The predicted octanol–water partition coefficient (Wildman–Crippen LogP) is 1.90. The predicted molar refractivity (Wildman–Crippen MR) is 71.7 cm³/mol. The fourth-order valence-corrected chi connectivity index (χ4v) is 3.27. The third kappa shape index (κ3) is 2.27. The van der Waals surface area contributed by atoms with Gasteiger partial charge < -0.3 is 4.42 Å². The highest BCUT2D eigenvalue weighted by Gasteiger charge is 2.22. The molecule has 0 aromatic carbocycles. The molecule has 0 unspecified atom stereocenters. The lowest BCUT2D eigenvalue weighted by Gasteiger charge is -2.04. The van der Waals surface area contributed by atoms with Crippen molar-refractivity contribution in [3.05, 3.63) is 48.4 Å². The van der Waals surface area contributed by atoms with E-state index in [2.05, 4.69) is 15.0 Å². The van der Waals surface area contributed by atoms with Gasteiger partial charge in [-0.3, -0.25) is 0 Å². The molecule has 0 saturated carbocycles. The minimum absolute atomic E-state index is 0.00569. The maximum Gasteiger partial charge on any atom is 0.203 e. The molecule has 0 N–H and O–H groups in total. The van der Waals surface area contributed by atoms with Crippen LogP contribution in [0.15, 0.2) is 46.3 Å². The van der Waals surface area contributed by atoms with Crippen molar-refractivity contribution in [3.8, 4) is 0 Å². The Hall–Kier alpha value is -2.28. The summed E-state index contributed by atoms with van der Waals surface area (Å²) in [4.78, 5) is 12.1. The van der Waals surface area contributed by atoms with E-state index in [1.807, 2.05) is 0 Å². The first kappa shape index (κ1) is 12.7. The molecular weight excluding hydrogens is 278 g/mol. The van der Waals surface area contributed by atoms with Crippen LogP contribution >= 0.6 is 0 Å². The van der Waals surface area contributed by atoms with E-state index >= 15 is 0 Å². The van der Waals surface area contributed by atoms with Crippen LogP contribution in [0.25, 0.3) is 11.0 Å². The fourth-order valence-electron chi connectivity index (χ4n) is 1.93. The first-order chi connectivity index (χ1) is 9.56. The van der Waals surface area contributed by atoms with Gasteiger partial charge >= 0.3 is 0 Å². The van der Waals surface area contributed by atoms with Gasteiger partial charge in [-0.15, -0.1) is 0 Å². The van der Waals surface area contributed by atoms with Crippen LogP contribution in [0, 0.1) is 6.92 Å². The molecule has 0 amide bonds. The Labute approximate surface area is 115 Å². The highest BCUT2D eigenvalue weighted by Crippen LogP contribution is 2.23. The summed E-state index contributed by atoms with van der Waals surface area (Å²) in [7, 11) is -3.62. The zero-order chi connectivity index (χ0) is 14.2. The maximum atomic E-state index is 12.4. The van der Waals surface area contributed by atoms with Gasteiger partial charge in [0.05, 0.1) is 11.6 Å². The molecule has 7 heteroatoms. The third-order valence-corrected chi connectivity index (χ3v) is 4.35. The topological polar surface area (TPSA) is 86.0 Å². The van der Waals surface area contributed by atoms with Crippen molar-refractivity contribution in [2.45, 2.75) is 17.7 Å². The van der Waals surface area contributed by atoms with E-state index in [9.17, 15) is 8.42 Å². The molecule has 0 bridgehead atoms. The molecule has 3 heterocycles. The molecule has 0 atom stereocenters. The average molecular weight is 289 g/mol. The minimum Gasteiger partial charge on any atom is -0.464 e. The SMILES string of the molecule is Cc1ccnc(CS(=O)(=O)c2nccc3occc23)n1. The van der Waals surface area contributed by atoms with Crippen LogP contribution in [0.3, 0.4) is 0 Å². The van der Waals surface area contributed by atoms with Gasteiger partial charge in [-0.1, -0.05) is 0 Å². The van der Waals surface area contributed by atoms with Crippen molar-refractivity contribution in [1.29, 1.82) is 0 Å². The number of sulfone groups is 1. The fraction of sp³-hybridized carbons (Fsp3) is 0.154. The second kappa shape index (κ2) is 4.68. The number of aryl methyl sites for hydroxylation is 1. The molecule has 0 radical (unpaired) electrons. The Bertz CT molecular complexity index is 871. The smallest absolute Gasteiger partial charge is 0.203 e. The van der Waals surface area contributed by atoms with E-state index in [1.165, 1.54) is 12.5 Å². The summed E-state index contributed by atoms with van der Waals surface area (Å²) in [6, 6.07) is 4.93. The lowest BCUT2D eigenvalue weighted by molar-refractivity contribution is 0.590. The van der Waals surface area contributed by atoms with E-state index in [1.54, 1.807) is 31.3 Å². The van der Waals surface area contributed by atoms with Gasteiger partial charge in [-0.25, -0.2) is 23.4 Å². The summed E-state index contributed by atoms with van der Waals surface area (Å²) in [5, 5.41) is 0.467. The van der Waals surface area contributed by atoms with Crippen molar-refractivity contribution in [1.82, 2.24) is 15.0 Å². The van der Waals surface area contributed by atoms with Crippen LogP contribution in [0.1, 0.15) is 11.5 Å². The van der Waals surface area contributed by atoms with Gasteiger partial charge in [0, 0.05) is 18.1 Å². The second-order valence-corrected chi connectivity index (χ2v) is 6.23. The summed E-state index contributed by atoms with van der Waals surface area (Å²) in [5.41, 5.74) is 1.21. The van der Waals surface area contributed by atoms with Crippen LogP contribution in [-0.2, 0) is 15.6 Å². The van der Waals surface area contributed by atoms with Crippen molar-refractivity contribution in [3.63, 3.8) is 0 Å². The standard InChI is InChI=1S/C13H11N3O3S/c1-9-2-5-14-12(16-9)8-20(17,18)13-10-4-7-19-11(10)3-6-15-13/h2-7H,8H2,1H3. The molecular formula is C13H11N3O3S. The Morgan fingerprint density at radius 1 is 1.15 bits per heavy atom. The Balaban J connectivity index is 2.06. The average Bonchev–Trinajstić information content (AvgIpc) is 2.85. The number of rotatable bonds is 3. The number of hydrogen-bond donors (Lipinski definition) is 0. The minimum atomic E-state index is -3.62. The normalized spacial score (nSPS) is 11.8. The van der Waals surface area contributed by atoms with E-state index in [-0.39, 0.29) is 16.6 Å². The summed E-state index contributed by atoms with van der Waals surface area (Å²) in [6.45, 7) is 1.78. The van der Waals surface area contributed by atoms with Gasteiger partial charge in [0.1, 0.15) is 17.2 Å². The zero-order valence-electron chi connectivity index (χ0n) is 10.6. The molecule has 3 aromatic heterocycles. The Kier molecular flexibility index (Phi) is 2.98. The van der Waals surface area contributed by atoms with Crippen LogP contribution in [0.4, 0.5) is 0 Å². The Morgan fingerprint density at radius 2 is 1.95 bits per heavy atom. The summed E-state index contributed by atoms with van der Waals surface area (Å²) in [5.74, 6) is -0.0290. The van der Waals surface area contributed by atoms with Gasteiger partial charge in [-0.05, 0) is 25.1 Å². The van der Waals surface area contributed by atoms with E-state index in [4.69, 9.17) is 4.42 Å². The third-order valence-electron chi connectivity index (χ3n) is 2.80. The monoisotopic (exact) mass is 289 g/mol. The largest absolute Gasteiger partial charge is 0.464 e. The summed E-state index contributed by atoms with van der Waals surface area (Å²) < 4.78 is 30.1. The second-order valence-electron chi connectivity index (χ2n) is 4.32. The van der Waals surface area contributed by atoms with Gasteiger partial charge in [0.25, 0.3) is 0 Å². The summed E-state index contributed by atoms with van der Waals surface area (Å²) in [6.07, 6.45) is 4.39. The Morgan fingerprint density at radius 3 is 2.75 bits per heavy atom. The number of aromatic nitrogens is 3. The maximum absolute atomic E-state index is 12.4. The first-order valence-electron chi connectivity index (χ1n) is 5.90. The van der Waals surface area contributed by atoms with Gasteiger partial charge in [0.15, 0.2) is 5.03 Å². The summed E-state index contributed by atoms with van der Waals surface area (Å²) >= 11 is 0. The van der Waals surface area contributed by atoms with Gasteiger partial charge in [0.2, 0.25) is 9.84 Å². The number of nitrogens with zero attached hydrogens (tertiary/aromatic N) is 3. The molecule has 0 aliphatic carbocycles.